The van der Waals surface area contributed by atoms with Gasteiger partial charge in [-0.2, -0.15) is 0 Å². The number of quaternary nitrogens is 1. The van der Waals surface area contributed by atoms with Gasteiger partial charge in [0.15, 0.2) is 5.65 Å². The van der Waals surface area contributed by atoms with Gasteiger partial charge in [-0.05, 0) is 43.7 Å². The Kier molecular flexibility index (Phi) is 4.86. The van der Waals surface area contributed by atoms with E-state index in [1.165, 1.54) is 6.33 Å². The molecule has 1 aliphatic rings. The summed E-state index contributed by atoms with van der Waals surface area (Å²) in [7, 11) is 1.97. The largest absolute Gasteiger partial charge is 0.420 e. The van der Waals surface area contributed by atoms with Crippen molar-refractivity contribution in [2.24, 2.45) is 0 Å². The predicted octanol–water partition coefficient (Wildman–Crippen LogP) is 4.76. The number of aromatic amines is 1. The number of amides is 2. The summed E-state index contributed by atoms with van der Waals surface area (Å²) in [5, 5.41) is 6.63. The first-order valence-electron chi connectivity index (χ1n) is 10.7. The van der Waals surface area contributed by atoms with Crippen molar-refractivity contribution in [2.45, 2.75) is 20.3 Å². The minimum absolute atomic E-state index is 0.0321. The minimum atomic E-state index is 0.0321. The van der Waals surface area contributed by atoms with Crippen molar-refractivity contribution in [1.82, 2.24) is 19.9 Å². The standard InChI is InChI=1S/C24H25N7O/c1-15-5-8-19(18(11-15)21-22-23(27-13-25-21)28-14-26-22)30-20-12-17(7-6-16(20)2)29-24(32)31(3)9-4-10-31/h5-8,11-14H,4,9-10H2,1-3H3,(H2-,25,26,27,28,29,30,32)/p+1. The Balaban J connectivity index is 1.49. The summed E-state index contributed by atoms with van der Waals surface area (Å²) >= 11 is 0. The molecule has 2 amide bonds. The first-order valence-corrected chi connectivity index (χ1v) is 10.7. The number of rotatable bonds is 4. The van der Waals surface area contributed by atoms with E-state index in [1.54, 1.807) is 6.33 Å². The van der Waals surface area contributed by atoms with Crippen LogP contribution in [0.1, 0.15) is 17.5 Å². The Labute approximate surface area is 186 Å². The number of fused-ring (bicyclic) bond motifs is 1. The van der Waals surface area contributed by atoms with Gasteiger partial charge in [0.2, 0.25) is 0 Å². The van der Waals surface area contributed by atoms with Crippen molar-refractivity contribution in [3.05, 3.63) is 60.2 Å². The van der Waals surface area contributed by atoms with E-state index in [0.29, 0.717) is 10.1 Å². The molecule has 0 bridgehead atoms. The summed E-state index contributed by atoms with van der Waals surface area (Å²) in [5.74, 6) is 0. The van der Waals surface area contributed by atoms with Crippen LogP contribution in [0.25, 0.3) is 22.4 Å². The zero-order valence-electron chi connectivity index (χ0n) is 18.4. The Bertz CT molecular complexity index is 1320. The van der Waals surface area contributed by atoms with Crippen molar-refractivity contribution >= 4 is 34.3 Å². The van der Waals surface area contributed by atoms with E-state index in [2.05, 4.69) is 49.6 Å². The number of hydrogen-bond acceptors (Lipinski definition) is 5. The number of urea groups is 1. The molecule has 0 spiro atoms. The topological polar surface area (TPSA) is 95.6 Å². The molecule has 32 heavy (non-hydrogen) atoms. The van der Waals surface area contributed by atoms with Crippen LogP contribution < -0.4 is 10.6 Å². The Morgan fingerprint density at radius 3 is 2.66 bits per heavy atom. The average Bonchev–Trinajstić information content (AvgIpc) is 3.24. The van der Waals surface area contributed by atoms with Crippen LogP contribution in [0.15, 0.2) is 49.1 Å². The maximum atomic E-state index is 12.7. The van der Waals surface area contributed by atoms with Gasteiger partial charge in [0, 0.05) is 29.0 Å². The number of nitrogens with one attached hydrogen (secondary N) is 3. The van der Waals surface area contributed by atoms with Crippen molar-refractivity contribution < 1.29 is 9.28 Å². The molecule has 2 aromatic heterocycles. The molecule has 0 aliphatic carbocycles. The van der Waals surface area contributed by atoms with E-state index < -0.39 is 0 Å². The van der Waals surface area contributed by atoms with Gasteiger partial charge < -0.3 is 10.3 Å². The van der Waals surface area contributed by atoms with Gasteiger partial charge in [-0.3, -0.25) is 5.32 Å². The average molecular weight is 429 g/mol. The predicted molar refractivity (Wildman–Crippen MR) is 126 cm³/mol. The van der Waals surface area contributed by atoms with Crippen LogP contribution in [0.4, 0.5) is 21.9 Å². The lowest BCUT2D eigenvalue weighted by Gasteiger charge is -2.38. The van der Waals surface area contributed by atoms with E-state index in [9.17, 15) is 4.79 Å². The second kappa shape index (κ2) is 7.72. The molecule has 1 fully saturated rings. The number of likely N-dealkylation sites (tertiary alicyclic amines) is 1. The maximum absolute atomic E-state index is 12.7. The number of benzene rings is 2. The molecule has 0 radical (unpaired) electrons. The molecule has 1 saturated heterocycles. The molecule has 0 atom stereocenters. The molecule has 162 valence electrons. The lowest BCUT2D eigenvalue weighted by Crippen LogP contribution is -2.60. The van der Waals surface area contributed by atoms with E-state index in [4.69, 9.17) is 0 Å². The summed E-state index contributed by atoms with van der Waals surface area (Å²) in [6, 6.07) is 12.2. The second-order valence-corrected chi connectivity index (χ2v) is 8.65. The molecule has 8 nitrogen and oxygen atoms in total. The third kappa shape index (κ3) is 3.58. The molecular formula is C24H26N7O+. The fourth-order valence-electron chi connectivity index (χ4n) is 4.01. The third-order valence-corrected chi connectivity index (χ3v) is 6.20. The smallest absolute Gasteiger partial charge is 0.355 e. The number of anilines is 3. The van der Waals surface area contributed by atoms with Crippen LogP contribution in [0.5, 0.6) is 0 Å². The highest BCUT2D eigenvalue weighted by Crippen LogP contribution is 2.34. The first kappa shape index (κ1) is 20.1. The van der Waals surface area contributed by atoms with Gasteiger partial charge in [-0.15, -0.1) is 0 Å². The number of aromatic nitrogens is 4. The Morgan fingerprint density at radius 2 is 1.88 bits per heavy atom. The number of nitrogens with zero attached hydrogens (tertiary/aromatic N) is 4. The molecule has 1 aliphatic heterocycles. The van der Waals surface area contributed by atoms with Crippen molar-refractivity contribution in [2.75, 3.05) is 30.8 Å². The van der Waals surface area contributed by atoms with Crippen LogP contribution in [0.2, 0.25) is 0 Å². The summed E-state index contributed by atoms with van der Waals surface area (Å²) in [6.07, 6.45) is 4.25. The maximum Gasteiger partial charge on any atom is 0.420 e. The Hall–Kier alpha value is -3.78. The summed E-state index contributed by atoms with van der Waals surface area (Å²) in [4.78, 5) is 28.8. The van der Waals surface area contributed by atoms with E-state index in [-0.39, 0.29) is 6.03 Å². The molecule has 8 heteroatoms. The van der Waals surface area contributed by atoms with E-state index >= 15 is 0 Å². The molecule has 4 aromatic rings. The normalized spacial score (nSPS) is 14.7. The zero-order chi connectivity index (χ0) is 22.3. The second-order valence-electron chi connectivity index (χ2n) is 8.65. The molecule has 0 unspecified atom stereocenters. The van der Waals surface area contributed by atoms with Gasteiger partial charge in [0.05, 0.1) is 26.5 Å². The van der Waals surface area contributed by atoms with E-state index in [1.807, 2.05) is 38.2 Å². The van der Waals surface area contributed by atoms with Crippen LogP contribution in [0, 0.1) is 13.8 Å². The van der Waals surface area contributed by atoms with Gasteiger partial charge in [-0.25, -0.2) is 24.2 Å². The van der Waals surface area contributed by atoms with Crippen molar-refractivity contribution in [3.8, 4) is 11.3 Å². The number of imidazole rings is 1. The van der Waals surface area contributed by atoms with Crippen LogP contribution in [0.3, 0.4) is 0 Å². The van der Waals surface area contributed by atoms with Crippen LogP contribution in [-0.4, -0.2) is 50.6 Å². The highest BCUT2D eigenvalue weighted by Gasteiger charge is 2.38. The van der Waals surface area contributed by atoms with Gasteiger partial charge in [0.25, 0.3) is 0 Å². The molecule has 3 N–H and O–H groups in total. The molecule has 0 saturated carbocycles. The van der Waals surface area contributed by atoms with Gasteiger partial charge in [0.1, 0.15) is 17.5 Å². The summed E-state index contributed by atoms with van der Waals surface area (Å²) in [6.45, 7) is 5.87. The number of carbonyl (C=O) groups is 1. The van der Waals surface area contributed by atoms with Crippen molar-refractivity contribution in [3.63, 3.8) is 0 Å². The SMILES string of the molecule is Cc1ccc(Nc2cc(NC(=O)[N+]3(C)CCC3)ccc2C)c(-c2ncnc3nc[nH]c23)c1. The molecule has 3 heterocycles. The fraction of sp³-hybridized carbons (Fsp3) is 0.250. The Morgan fingerprint density at radius 1 is 1.03 bits per heavy atom. The van der Waals surface area contributed by atoms with Crippen LogP contribution in [-0.2, 0) is 0 Å². The number of H-pyrrole nitrogens is 1. The lowest BCUT2D eigenvalue weighted by atomic mass is 10.0. The van der Waals surface area contributed by atoms with Gasteiger partial charge in [-0.1, -0.05) is 17.7 Å². The minimum Gasteiger partial charge on any atom is -0.355 e. The first-order chi connectivity index (χ1) is 15.4. The zero-order valence-corrected chi connectivity index (χ0v) is 18.4. The lowest BCUT2D eigenvalue weighted by molar-refractivity contribution is -0.867. The van der Waals surface area contributed by atoms with Crippen LogP contribution >= 0.6 is 0 Å². The monoisotopic (exact) mass is 428 g/mol. The van der Waals surface area contributed by atoms with Gasteiger partial charge >= 0.3 is 6.03 Å². The number of aryl methyl sites for hydroxylation is 2. The van der Waals surface area contributed by atoms with E-state index in [0.717, 1.165) is 64.5 Å². The van der Waals surface area contributed by atoms with Crippen molar-refractivity contribution in [1.29, 1.82) is 0 Å². The third-order valence-electron chi connectivity index (χ3n) is 6.20. The number of hydrogen-bond donors (Lipinski definition) is 3. The summed E-state index contributed by atoms with van der Waals surface area (Å²) in [5.41, 5.74) is 7.99. The highest BCUT2D eigenvalue weighted by atomic mass is 16.2. The summed E-state index contributed by atoms with van der Waals surface area (Å²) < 4.78 is 0.437. The number of carbonyl (C=O) groups excluding carboxylic acids is 1. The molecule has 2 aromatic carbocycles. The molecular weight excluding hydrogens is 402 g/mol. The molecule has 5 rings (SSSR count). The quantitative estimate of drug-likeness (QED) is 0.407. The fourth-order valence-corrected chi connectivity index (χ4v) is 4.01. The highest BCUT2D eigenvalue weighted by molar-refractivity contribution is 5.93.